The van der Waals surface area contributed by atoms with Crippen LogP contribution in [0.3, 0.4) is 0 Å². The summed E-state index contributed by atoms with van der Waals surface area (Å²) in [4.78, 5) is 0. The van der Waals surface area contributed by atoms with Crippen LogP contribution in [0.1, 0.15) is 43.9 Å². The van der Waals surface area contributed by atoms with Gasteiger partial charge in [0.05, 0.1) is 5.56 Å². The van der Waals surface area contributed by atoms with Crippen LogP contribution in [-0.4, -0.2) is 0 Å². The van der Waals surface area contributed by atoms with Crippen molar-refractivity contribution in [3.8, 4) is 0 Å². The lowest BCUT2D eigenvalue weighted by Gasteiger charge is -2.17. The van der Waals surface area contributed by atoms with Gasteiger partial charge < -0.3 is 5.73 Å². The SMILES string of the molecule is CC(C)CCC(N)c1cc(C(F)(F)F)ccc1Br. The molecule has 0 amide bonds. The van der Waals surface area contributed by atoms with Gasteiger partial charge in [0.2, 0.25) is 0 Å². The monoisotopic (exact) mass is 323 g/mol. The molecular weight excluding hydrogens is 307 g/mol. The summed E-state index contributed by atoms with van der Waals surface area (Å²) in [6.07, 6.45) is -2.76. The molecule has 0 saturated carbocycles. The Kier molecular flexibility index (Phi) is 5.22. The molecule has 0 aliphatic carbocycles. The first-order chi connectivity index (χ1) is 8.21. The summed E-state index contributed by atoms with van der Waals surface area (Å²) in [5.74, 6) is 0.487. The standard InChI is InChI=1S/C13H17BrF3N/c1-8(2)3-6-12(18)10-7-9(13(15,16)17)4-5-11(10)14/h4-5,7-8,12H,3,6,18H2,1-2H3. The highest BCUT2D eigenvalue weighted by molar-refractivity contribution is 9.10. The Morgan fingerprint density at radius 3 is 2.33 bits per heavy atom. The summed E-state index contributed by atoms with van der Waals surface area (Å²) in [6, 6.07) is 3.23. The smallest absolute Gasteiger partial charge is 0.324 e. The number of hydrogen-bond acceptors (Lipinski definition) is 1. The molecule has 0 bridgehead atoms. The molecule has 1 aromatic rings. The third-order valence-electron chi connectivity index (χ3n) is 2.78. The zero-order valence-corrected chi connectivity index (χ0v) is 12.0. The van der Waals surface area contributed by atoms with Crippen molar-refractivity contribution >= 4 is 15.9 Å². The normalized spacial score (nSPS) is 14.0. The van der Waals surface area contributed by atoms with E-state index in [0.29, 0.717) is 22.4 Å². The summed E-state index contributed by atoms with van der Waals surface area (Å²) in [6.45, 7) is 4.13. The molecule has 1 nitrogen and oxygen atoms in total. The molecule has 1 unspecified atom stereocenters. The maximum Gasteiger partial charge on any atom is 0.416 e. The Morgan fingerprint density at radius 1 is 1.22 bits per heavy atom. The molecule has 0 spiro atoms. The number of benzene rings is 1. The van der Waals surface area contributed by atoms with Crippen LogP contribution in [0.4, 0.5) is 13.2 Å². The van der Waals surface area contributed by atoms with Gasteiger partial charge in [-0.3, -0.25) is 0 Å². The third kappa shape index (κ3) is 4.28. The van der Waals surface area contributed by atoms with E-state index >= 15 is 0 Å². The molecule has 0 fully saturated rings. The maximum absolute atomic E-state index is 12.6. The maximum atomic E-state index is 12.6. The average Bonchev–Trinajstić information content (AvgIpc) is 2.24. The first-order valence-electron chi connectivity index (χ1n) is 5.84. The van der Waals surface area contributed by atoms with Gasteiger partial charge in [-0.05, 0) is 42.5 Å². The van der Waals surface area contributed by atoms with Crippen LogP contribution >= 0.6 is 15.9 Å². The number of hydrogen-bond donors (Lipinski definition) is 1. The lowest BCUT2D eigenvalue weighted by Crippen LogP contribution is -2.14. The van der Waals surface area contributed by atoms with E-state index in [0.717, 1.165) is 18.6 Å². The van der Waals surface area contributed by atoms with Gasteiger partial charge in [0, 0.05) is 10.5 Å². The van der Waals surface area contributed by atoms with Crippen LogP contribution in [0, 0.1) is 5.92 Å². The van der Waals surface area contributed by atoms with Crippen LogP contribution in [0.2, 0.25) is 0 Å². The highest BCUT2D eigenvalue weighted by Gasteiger charge is 2.31. The van der Waals surface area contributed by atoms with E-state index in [2.05, 4.69) is 29.8 Å². The summed E-state index contributed by atoms with van der Waals surface area (Å²) < 4.78 is 38.5. The average molecular weight is 324 g/mol. The molecule has 2 N–H and O–H groups in total. The molecule has 1 atom stereocenters. The second-order valence-electron chi connectivity index (χ2n) is 4.81. The fourth-order valence-electron chi connectivity index (χ4n) is 1.67. The van der Waals surface area contributed by atoms with E-state index in [9.17, 15) is 13.2 Å². The van der Waals surface area contributed by atoms with E-state index in [1.54, 1.807) is 0 Å². The largest absolute Gasteiger partial charge is 0.416 e. The number of rotatable bonds is 4. The molecule has 102 valence electrons. The highest BCUT2D eigenvalue weighted by atomic mass is 79.9. The van der Waals surface area contributed by atoms with Gasteiger partial charge >= 0.3 is 6.18 Å². The third-order valence-corrected chi connectivity index (χ3v) is 3.50. The molecular formula is C13H17BrF3N. The molecule has 0 aromatic heterocycles. The number of halogens is 4. The lowest BCUT2D eigenvalue weighted by atomic mass is 9.97. The van der Waals surface area contributed by atoms with Crippen LogP contribution in [-0.2, 0) is 6.18 Å². The fourth-order valence-corrected chi connectivity index (χ4v) is 2.21. The van der Waals surface area contributed by atoms with Gasteiger partial charge in [-0.2, -0.15) is 13.2 Å². The second kappa shape index (κ2) is 6.06. The topological polar surface area (TPSA) is 26.0 Å². The summed E-state index contributed by atoms with van der Waals surface area (Å²) in [7, 11) is 0. The van der Waals surface area contributed by atoms with Crippen molar-refractivity contribution in [3.05, 3.63) is 33.8 Å². The van der Waals surface area contributed by atoms with Crippen molar-refractivity contribution in [2.45, 2.75) is 38.9 Å². The van der Waals surface area contributed by atoms with E-state index in [1.165, 1.54) is 6.07 Å². The number of alkyl halides is 3. The zero-order chi connectivity index (χ0) is 13.9. The van der Waals surface area contributed by atoms with Gasteiger partial charge in [0.25, 0.3) is 0 Å². The first-order valence-corrected chi connectivity index (χ1v) is 6.63. The van der Waals surface area contributed by atoms with Crippen molar-refractivity contribution in [3.63, 3.8) is 0 Å². The molecule has 0 saturated heterocycles. The quantitative estimate of drug-likeness (QED) is 0.837. The fraction of sp³-hybridized carbons (Fsp3) is 0.538. The van der Waals surface area contributed by atoms with Crippen LogP contribution in [0.25, 0.3) is 0 Å². The molecule has 0 heterocycles. The minimum atomic E-state index is -4.33. The molecule has 1 aromatic carbocycles. The Balaban J connectivity index is 2.93. The van der Waals surface area contributed by atoms with Crippen LogP contribution in [0.15, 0.2) is 22.7 Å². The summed E-state index contributed by atoms with van der Waals surface area (Å²) in [5, 5.41) is 0. The highest BCUT2D eigenvalue weighted by Crippen LogP contribution is 2.34. The van der Waals surface area contributed by atoms with Crippen molar-refractivity contribution in [2.24, 2.45) is 11.7 Å². The minimum Gasteiger partial charge on any atom is -0.324 e. The van der Waals surface area contributed by atoms with Crippen molar-refractivity contribution < 1.29 is 13.2 Å². The summed E-state index contributed by atoms with van der Waals surface area (Å²) in [5.41, 5.74) is 5.83. The Bertz CT molecular complexity index is 402. The Morgan fingerprint density at radius 2 is 1.83 bits per heavy atom. The minimum absolute atomic E-state index is 0.371. The predicted octanol–water partition coefficient (Wildman–Crippen LogP) is 4.90. The van der Waals surface area contributed by atoms with Crippen molar-refractivity contribution in [1.29, 1.82) is 0 Å². The Hall–Kier alpha value is -0.550. The van der Waals surface area contributed by atoms with E-state index in [4.69, 9.17) is 5.73 Å². The van der Waals surface area contributed by atoms with E-state index < -0.39 is 11.7 Å². The molecule has 18 heavy (non-hydrogen) atoms. The lowest BCUT2D eigenvalue weighted by molar-refractivity contribution is -0.137. The van der Waals surface area contributed by atoms with Gasteiger partial charge in [-0.1, -0.05) is 29.8 Å². The molecule has 5 heteroatoms. The van der Waals surface area contributed by atoms with Crippen LogP contribution in [0.5, 0.6) is 0 Å². The van der Waals surface area contributed by atoms with E-state index in [1.807, 2.05) is 0 Å². The second-order valence-corrected chi connectivity index (χ2v) is 5.67. The Labute approximate surface area is 114 Å². The number of nitrogens with two attached hydrogens (primary N) is 1. The van der Waals surface area contributed by atoms with Crippen molar-refractivity contribution in [2.75, 3.05) is 0 Å². The van der Waals surface area contributed by atoms with Gasteiger partial charge in [-0.25, -0.2) is 0 Å². The van der Waals surface area contributed by atoms with Gasteiger partial charge in [0.15, 0.2) is 0 Å². The van der Waals surface area contributed by atoms with Gasteiger partial charge in [-0.15, -0.1) is 0 Å². The predicted molar refractivity (Wildman–Crippen MR) is 70.1 cm³/mol. The van der Waals surface area contributed by atoms with Crippen LogP contribution < -0.4 is 5.73 Å². The van der Waals surface area contributed by atoms with E-state index in [-0.39, 0.29) is 6.04 Å². The molecule has 0 aliphatic heterocycles. The molecule has 0 radical (unpaired) electrons. The summed E-state index contributed by atoms with van der Waals surface area (Å²) >= 11 is 3.26. The van der Waals surface area contributed by atoms with Gasteiger partial charge in [0.1, 0.15) is 0 Å². The van der Waals surface area contributed by atoms with Crippen molar-refractivity contribution in [1.82, 2.24) is 0 Å². The zero-order valence-electron chi connectivity index (χ0n) is 10.4. The molecule has 0 aliphatic rings. The first kappa shape index (κ1) is 15.5. The molecule has 1 rings (SSSR count).